The highest BCUT2D eigenvalue weighted by Crippen LogP contribution is 2.39. The van der Waals surface area contributed by atoms with Crippen molar-refractivity contribution in [3.63, 3.8) is 0 Å². The molecule has 0 saturated heterocycles. The maximum atomic E-state index is 13.8. The van der Waals surface area contributed by atoms with E-state index >= 15 is 0 Å². The van der Waals surface area contributed by atoms with E-state index in [1.54, 1.807) is 0 Å². The summed E-state index contributed by atoms with van der Waals surface area (Å²) in [7, 11) is 5.22. The third-order valence-electron chi connectivity index (χ3n) is 11.5. The molecule has 2 atom stereocenters. The van der Waals surface area contributed by atoms with Crippen molar-refractivity contribution in [1.82, 2.24) is 9.97 Å². The monoisotopic (exact) mass is 1100 g/mol. The van der Waals surface area contributed by atoms with Gasteiger partial charge in [-0.2, -0.15) is 26.3 Å². The number of halogens is 8. The summed E-state index contributed by atoms with van der Waals surface area (Å²) in [5.41, 5.74) is -3.76. The lowest BCUT2D eigenvalue weighted by atomic mass is 9.93. The smallest absolute Gasteiger partial charge is 0.419 e. The van der Waals surface area contributed by atoms with Crippen LogP contribution in [0, 0.1) is 23.5 Å². The largest absolute Gasteiger partial charge is 0.494 e. The number of hydrogen-bond acceptors (Lipinski definition) is 16. The van der Waals surface area contributed by atoms with Gasteiger partial charge in [0.2, 0.25) is 0 Å². The number of Topliss-reactive ketones (excluding diaryl/α,β-unsaturated/α-hetero) is 4. The van der Waals surface area contributed by atoms with Crippen LogP contribution in [-0.2, 0) is 12.4 Å². The van der Waals surface area contributed by atoms with E-state index in [1.165, 1.54) is 89.1 Å². The van der Waals surface area contributed by atoms with E-state index in [2.05, 4.69) is 9.97 Å². The van der Waals surface area contributed by atoms with Crippen molar-refractivity contribution in [3.05, 3.63) is 142 Å². The molecule has 0 aliphatic rings. The van der Waals surface area contributed by atoms with Crippen LogP contribution in [0.1, 0.15) is 65.7 Å². The number of aromatic nitrogens is 2. The Morgan fingerprint density at radius 3 is 1.13 bits per heavy atom. The van der Waals surface area contributed by atoms with Crippen LogP contribution in [0.3, 0.4) is 0 Å². The summed E-state index contributed by atoms with van der Waals surface area (Å²) in [6.07, 6.45) is -10.7. The molecule has 0 fully saturated rings. The quantitative estimate of drug-likeness (QED) is 0.0328. The highest BCUT2D eigenvalue weighted by Gasteiger charge is 2.36. The molecule has 78 heavy (non-hydrogen) atoms. The van der Waals surface area contributed by atoms with Gasteiger partial charge in [0.1, 0.15) is 59.1 Å². The van der Waals surface area contributed by atoms with Gasteiger partial charge in [0.05, 0.1) is 77.8 Å². The minimum absolute atomic E-state index is 0.0109. The molecule has 2 heterocycles. The van der Waals surface area contributed by atoms with Gasteiger partial charge < -0.3 is 48.8 Å². The highest BCUT2D eigenvalue weighted by molar-refractivity contribution is 6.04. The molecule has 0 spiro atoms. The number of ether oxygens (including phenoxy) is 6. The molecule has 0 bridgehead atoms. The van der Waals surface area contributed by atoms with Crippen LogP contribution in [-0.4, -0.2) is 122 Å². The second-order valence-electron chi connectivity index (χ2n) is 16.5. The fraction of sp³-hybridized carbons (Fsp3) is 0.296. The number of ketones is 4. The lowest BCUT2D eigenvalue weighted by Crippen LogP contribution is -2.23. The molecule has 6 rings (SSSR count). The summed E-state index contributed by atoms with van der Waals surface area (Å²) < 4.78 is 138. The molecule has 0 unspecified atom stereocenters. The summed E-state index contributed by atoms with van der Waals surface area (Å²) in [6.45, 7) is -1.85. The average molecular weight is 1100 g/mol. The van der Waals surface area contributed by atoms with Gasteiger partial charge in [-0.3, -0.25) is 19.2 Å². The van der Waals surface area contributed by atoms with Gasteiger partial charge in [0, 0.05) is 35.1 Å². The zero-order chi connectivity index (χ0) is 57.5. The number of carbonyl (C=O) groups excluding carboxylic acids is 4. The number of methoxy groups -OCH3 is 4. The first-order chi connectivity index (χ1) is 37.1. The van der Waals surface area contributed by atoms with E-state index in [0.717, 1.165) is 12.1 Å². The minimum Gasteiger partial charge on any atom is -0.494 e. The predicted molar refractivity (Wildman–Crippen MR) is 261 cm³/mol. The molecule has 0 radical (unpaired) electrons. The Bertz CT molecular complexity index is 2890. The molecule has 0 amide bonds. The van der Waals surface area contributed by atoms with Gasteiger partial charge >= 0.3 is 12.4 Å². The number of aliphatic hydroxyl groups excluding tert-OH is 4. The van der Waals surface area contributed by atoms with E-state index in [1.807, 2.05) is 0 Å². The normalized spacial score (nSPS) is 12.1. The van der Waals surface area contributed by atoms with E-state index in [9.17, 15) is 64.5 Å². The fourth-order valence-corrected chi connectivity index (χ4v) is 7.50. The third kappa shape index (κ3) is 15.1. The molecule has 2 aromatic heterocycles. The number of rotatable bonds is 24. The Kier molecular flexibility index (Phi) is 21.3. The van der Waals surface area contributed by atoms with Crippen molar-refractivity contribution in [2.45, 2.75) is 25.2 Å². The SMILES string of the molecule is COc1cc(C(=O)C[C@@H](CO)C(=O)c2ccc(OC)c(-c3ccc(F)c(C(F)(F)F)c3)n2)ccc1OCCO.COc1cc(C(=O)C[C@H](CO)C(=O)c2ccc(OC)c(-c3ccc(F)c(C(F)(F)F)c3)n2)ccc1OCCO. The highest BCUT2D eigenvalue weighted by atomic mass is 19.4. The van der Waals surface area contributed by atoms with Gasteiger partial charge in [0.25, 0.3) is 0 Å². The van der Waals surface area contributed by atoms with Gasteiger partial charge in [-0.15, -0.1) is 0 Å². The first-order valence-electron chi connectivity index (χ1n) is 23.1. The van der Waals surface area contributed by atoms with Crippen LogP contribution >= 0.6 is 0 Å². The number of carbonyl (C=O) groups is 4. The number of nitrogens with zero attached hydrogens (tertiary/aromatic N) is 2. The van der Waals surface area contributed by atoms with Crippen molar-refractivity contribution < 1.29 is 103 Å². The molecule has 4 aromatic carbocycles. The maximum absolute atomic E-state index is 13.8. The fourth-order valence-electron chi connectivity index (χ4n) is 7.50. The zero-order valence-corrected chi connectivity index (χ0v) is 41.8. The molecular formula is C54H50F8N2O14. The topological polar surface area (TPSA) is 230 Å². The number of benzene rings is 4. The predicted octanol–water partition coefficient (Wildman–Crippen LogP) is 8.72. The van der Waals surface area contributed by atoms with E-state index in [-0.39, 0.29) is 94.5 Å². The minimum atomic E-state index is -4.96. The van der Waals surface area contributed by atoms with Gasteiger partial charge in [-0.25, -0.2) is 18.7 Å². The molecule has 4 N–H and O–H groups in total. The summed E-state index contributed by atoms with van der Waals surface area (Å²) in [5.74, 6) is -6.77. The summed E-state index contributed by atoms with van der Waals surface area (Å²) in [4.78, 5) is 60.5. The molecule has 0 aliphatic heterocycles. The molecule has 416 valence electrons. The second-order valence-corrected chi connectivity index (χ2v) is 16.5. The third-order valence-corrected chi connectivity index (χ3v) is 11.5. The molecule has 16 nitrogen and oxygen atoms in total. The summed E-state index contributed by atoms with van der Waals surface area (Å²) in [5, 5.41) is 37.6. The number of pyridine rings is 2. The molecular weight excluding hydrogens is 1050 g/mol. The average Bonchev–Trinajstić information content (AvgIpc) is 3.46. The van der Waals surface area contributed by atoms with Crippen LogP contribution in [0.5, 0.6) is 34.5 Å². The Morgan fingerprint density at radius 1 is 0.474 bits per heavy atom. The lowest BCUT2D eigenvalue weighted by molar-refractivity contribution is -0.140. The Hall–Kier alpha value is -8.06. The zero-order valence-electron chi connectivity index (χ0n) is 41.8. The summed E-state index contributed by atoms with van der Waals surface area (Å²) in [6, 6.07) is 18.2. The van der Waals surface area contributed by atoms with Crippen LogP contribution < -0.4 is 28.4 Å². The van der Waals surface area contributed by atoms with Gasteiger partial charge in [-0.05, 0) is 97.1 Å². The van der Waals surface area contributed by atoms with Crippen LogP contribution in [0.2, 0.25) is 0 Å². The Balaban J connectivity index is 0.000000287. The Morgan fingerprint density at radius 2 is 0.821 bits per heavy atom. The maximum Gasteiger partial charge on any atom is 0.419 e. The van der Waals surface area contributed by atoms with E-state index in [0.29, 0.717) is 35.8 Å². The van der Waals surface area contributed by atoms with Crippen molar-refractivity contribution in [3.8, 4) is 57.0 Å². The van der Waals surface area contributed by atoms with Crippen molar-refractivity contribution in [2.24, 2.45) is 11.8 Å². The first kappa shape index (κ1) is 60.8. The lowest BCUT2D eigenvalue weighted by Gasteiger charge is -2.16. The molecule has 0 aliphatic carbocycles. The standard InChI is InChI=1S/2C27H25F4NO7/c2*1-37-23-8-6-20(32-25(23)16-3-5-19(28)18(11-16)27(29,30)31)26(36)17(14-34)12-21(35)15-4-7-22(39-10-9-33)24(13-15)38-2/h2*3-8,11,13,17,33-34H,9-10,12,14H2,1-2H3/t2*17-/m10/s1. The number of alkyl halides is 6. The first-order valence-corrected chi connectivity index (χ1v) is 23.1. The van der Waals surface area contributed by atoms with E-state index < -0.39 is 96.1 Å². The van der Waals surface area contributed by atoms with Crippen molar-refractivity contribution in [1.29, 1.82) is 0 Å². The second kappa shape index (κ2) is 27.3. The Labute approximate surface area is 439 Å². The van der Waals surface area contributed by atoms with E-state index in [4.69, 9.17) is 38.6 Å². The van der Waals surface area contributed by atoms with Crippen LogP contribution in [0.4, 0.5) is 35.1 Å². The molecule has 0 saturated carbocycles. The van der Waals surface area contributed by atoms with Gasteiger partial charge in [0.15, 0.2) is 46.1 Å². The summed E-state index contributed by atoms with van der Waals surface area (Å²) >= 11 is 0. The molecule has 6 aromatic rings. The van der Waals surface area contributed by atoms with Gasteiger partial charge in [-0.1, -0.05) is 0 Å². The number of hydrogen-bond donors (Lipinski definition) is 4. The molecule has 24 heteroatoms. The van der Waals surface area contributed by atoms with Crippen LogP contribution in [0.15, 0.2) is 97.1 Å². The van der Waals surface area contributed by atoms with Crippen LogP contribution in [0.25, 0.3) is 22.5 Å². The number of aliphatic hydroxyl groups is 4. The van der Waals surface area contributed by atoms with Crippen molar-refractivity contribution in [2.75, 3.05) is 68.1 Å². The van der Waals surface area contributed by atoms with Crippen molar-refractivity contribution >= 4 is 23.1 Å².